The summed E-state index contributed by atoms with van der Waals surface area (Å²) >= 11 is 1.73. The van der Waals surface area contributed by atoms with Gasteiger partial charge < -0.3 is 14.6 Å². The topological polar surface area (TPSA) is 52.0 Å². The zero-order valence-corrected chi connectivity index (χ0v) is 11.5. The van der Waals surface area contributed by atoms with E-state index in [4.69, 9.17) is 4.74 Å². The maximum Gasteiger partial charge on any atom is 0.113 e. The van der Waals surface area contributed by atoms with Crippen LogP contribution in [0.5, 0.6) is 0 Å². The molecule has 0 saturated heterocycles. The van der Waals surface area contributed by atoms with Gasteiger partial charge in [0.15, 0.2) is 0 Å². The lowest BCUT2D eigenvalue weighted by Crippen LogP contribution is -2.20. The van der Waals surface area contributed by atoms with Crippen molar-refractivity contribution in [3.63, 3.8) is 0 Å². The third-order valence-electron chi connectivity index (χ3n) is 2.56. The molecule has 0 atom stereocenters. The van der Waals surface area contributed by atoms with E-state index in [1.165, 1.54) is 10.6 Å². The molecule has 0 aromatic carbocycles. The van der Waals surface area contributed by atoms with Crippen LogP contribution >= 0.6 is 11.3 Å². The number of rotatable bonds is 7. The molecule has 0 fully saturated rings. The number of nitrogens with zero attached hydrogens (tertiary/aromatic N) is 3. The minimum atomic E-state index is 0.722. The van der Waals surface area contributed by atoms with Crippen LogP contribution in [0.25, 0.3) is 0 Å². The molecule has 0 radical (unpaired) electrons. The molecule has 0 aliphatic carbocycles. The molecule has 0 aliphatic rings. The van der Waals surface area contributed by atoms with Crippen molar-refractivity contribution in [1.29, 1.82) is 0 Å². The number of hydrogen-bond donors (Lipinski definition) is 1. The minimum Gasteiger partial charge on any atom is -0.383 e. The second-order valence-electron chi connectivity index (χ2n) is 4.05. The fourth-order valence-electron chi connectivity index (χ4n) is 1.65. The van der Waals surface area contributed by atoms with Crippen LogP contribution in [0.4, 0.5) is 0 Å². The molecule has 18 heavy (non-hydrogen) atoms. The molecule has 0 aliphatic heterocycles. The maximum atomic E-state index is 5.00. The zero-order chi connectivity index (χ0) is 12.8. The van der Waals surface area contributed by atoms with Crippen LogP contribution in [0.3, 0.4) is 0 Å². The minimum absolute atomic E-state index is 0.722. The molecule has 0 saturated carbocycles. The molecule has 1 N–H and O–H groups in total. The highest BCUT2D eigenvalue weighted by Crippen LogP contribution is 2.13. The van der Waals surface area contributed by atoms with Crippen LogP contribution in [-0.2, 0) is 17.8 Å². The van der Waals surface area contributed by atoms with E-state index in [-0.39, 0.29) is 0 Å². The lowest BCUT2D eigenvalue weighted by molar-refractivity contribution is 0.199. The summed E-state index contributed by atoms with van der Waals surface area (Å²) in [6.45, 7) is 5.23. The highest BCUT2D eigenvalue weighted by Gasteiger charge is 2.05. The highest BCUT2D eigenvalue weighted by atomic mass is 32.1. The summed E-state index contributed by atoms with van der Waals surface area (Å²) < 4.78 is 7.12. The third kappa shape index (κ3) is 3.63. The fraction of sp³-hybridized carbons (Fsp3) is 0.500. The van der Waals surface area contributed by atoms with Crippen LogP contribution in [0, 0.1) is 6.92 Å². The van der Waals surface area contributed by atoms with Gasteiger partial charge in [-0.1, -0.05) is 0 Å². The number of nitrogens with one attached hydrogen (secondary N) is 1. The van der Waals surface area contributed by atoms with E-state index >= 15 is 0 Å². The lowest BCUT2D eigenvalue weighted by atomic mass is 10.4. The van der Waals surface area contributed by atoms with E-state index in [9.17, 15) is 0 Å². The number of imidazole rings is 1. The molecule has 98 valence electrons. The van der Waals surface area contributed by atoms with Crippen molar-refractivity contribution in [2.75, 3.05) is 20.3 Å². The maximum absolute atomic E-state index is 5.00. The molecule has 5 nitrogen and oxygen atoms in total. The van der Waals surface area contributed by atoms with E-state index in [0.29, 0.717) is 0 Å². The average molecular weight is 266 g/mol. The Hall–Kier alpha value is -1.24. The summed E-state index contributed by atoms with van der Waals surface area (Å²) in [6, 6.07) is 0. The molecular formula is C12H18N4OS. The smallest absolute Gasteiger partial charge is 0.113 e. The molecule has 0 bridgehead atoms. The van der Waals surface area contributed by atoms with E-state index in [2.05, 4.69) is 26.8 Å². The molecule has 0 unspecified atom stereocenters. The first-order valence-corrected chi connectivity index (χ1v) is 6.71. The van der Waals surface area contributed by atoms with Crippen molar-refractivity contribution < 1.29 is 4.74 Å². The second-order valence-corrected chi connectivity index (χ2v) is 5.37. The van der Waals surface area contributed by atoms with Crippen molar-refractivity contribution >= 4 is 11.3 Å². The van der Waals surface area contributed by atoms with Gasteiger partial charge in [0.05, 0.1) is 25.2 Å². The summed E-state index contributed by atoms with van der Waals surface area (Å²) in [5, 5.41) is 4.43. The molecule has 2 heterocycles. The Labute approximate surface area is 111 Å². The average Bonchev–Trinajstić information content (AvgIpc) is 2.95. The standard InChI is InChI=1S/C12H18N4OS/c1-10-5-15-12(18-10)8-16-9-14-7-11(16)6-13-3-4-17-2/h5,7,9,13H,3-4,6,8H2,1-2H3. The van der Waals surface area contributed by atoms with Gasteiger partial charge in [-0.15, -0.1) is 11.3 Å². The van der Waals surface area contributed by atoms with Gasteiger partial charge in [-0.3, -0.25) is 0 Å². The van der Waals surface area contributed by atoms with E-state index in [1.807, 2.05) is 18.7 Å². The Morgan fingerprint density at radius 3 is 3.06 bits per heavy atom. The third-order valence-corrected chi connectivity index (χ3v) is 3.46. The predicted molar refractivity (Wildman–Crippen MR) is 71.8 cm³/mol. The number of aromatic nitrogens is 3. The molecule has 6 heteroatoms. The fourth-order valence-corrected chi connectivity index (χ4v) is 2.43. The van der Waals surface area contributed by atoms with E-state index in [0.717, 1.165) is 31.2 Å². The lowest BCUT2D eigenvalue weighted by Gasteiger charge is -2.07. The Balaban J connectivity index is 1.91. The number of hydrogen-bond acceptors (Lipinski definition) is 5. The Kier molecular flexibility index (Phi) is 4.86. The molecular weight excluding hydrogens is 248 g/mol. The Morgan fingerprint density at radius 1 is 1.44 bits per heavy atom. The highest BCUT2D eigenvalue weighted by molar-refractivity contribution is 7.11. The molecule has 0 spiro atoms. The van der Waals surface area contributed by atoms with Crippen molar-refractivity contribution in [2.45, 2.75) is 20.0 Å². The monoisotopic (exact) mass is 266 g/mol. The molecule has 0 amide bonds. The molecule has 2 aromatic rings. The first kappa shape index (κ1) is 13.2. The van der Waals surface area contributed by atoms with Gasteiger partial charge in [0, 0.05) is 37.5 Å². The van der Waals surface area contributed by atoms with E-state index < -0.39 is 0 Å². The van der Waals surface area contributed by atoms with E-state index in [1.54, 1.807) is 18.4 Å². The van der Waals surface area contributed by atoms with Gasteiger partial charge >= 0.3 is 0 Å². The first-order valence-electron chi connectivity index (χ1n) is 5.89. The van der Waals surface area contributed by atoms with Crippen LogP contribution in [0.1, 0.15) is 15.6 Å². The Morgan fingerprint density at radius 2 is 2.33 bits per heavy atom. The summed E-state index contributed by atoms with van der Waals surface area (Å²) in [5.41, 5.74) is 1.17. The van der Waals surface area contributed by atoms with Crippen molar-refractivity contribution in [1.82, 2.24) is 19.9 Å². The normalized spacial score (nSPS) is 11.0. The number of aryl methyl sites for hydroxylation is 1. The van der Waals surface area contributed by atoms with Crippen LogP contribution in [0.15, 0.2) is 18.7 Å². The van der Waals surface area contributed by atoms with Crippen LogP contribution in [0.2, 0.25) is 0 Å². The number of methoxy groups -OCH3 is 1. The summed E-state index contributed by atoms with van der Waals surface area (Å²) in [7, 11) is 1.71. The van der Waals surface area contributed by atoms with Crippen molar-refractivity contribution in [2.24, 2.45) is 0 Å². The van der Waals surface area contributed by atoms with Crippen LogP contribution in [-0.4, -0.2) is 34.8 Å². The zero-order valence-electron chi connectivity index (χ0n) is 10.7. The van der Waals surface area contributed by atoms with Gasteiger partial charge in [-0.2, -0.15) is 0 Å². The SMILES string of the molecule is COCCNCc1cncn1Cc1ncc(C)s1. The van der Waals surface area contributed by atoms with Gasteiger partial charge in [-0.05, 0) is 6.92 Å². The number of ether oxygens (including phenoxy) is 1. The van der Waals surface area contributed by atoms with Gasteiger partial charge in [-0.25, -0.2) is 9.97 Å². The second kappa shape index (κ2) is 6.63. The van der Waals surface area contributed by atoms with Gasteiger partial charge in [0.2, 0.25) is 0 Å². The predicted octanol–water partition coefficient (Wildman–Crippen LogP) is 1.43. The van der Waals surface area contributed by atoms with Crippen molar-refractivity contribution in [3.8, 4) is 0 Å². The first-order chi connectivity index (χ1) is 8.79. The molecule has 2 rings (SSSR count). The quantitative estimate of drug-likeness (QED) is 0.770. The summed E-state index contributed by atoms with van der Waals surface area (Å²) in [6.07, 6.45) is 5.65. The Bertz CT molecular complexity index is 480. The van der Waals surface area contributed by atoms with Gasteiger partial charge in [0.25, 0.3) is 0 Å². The summed E-state index contributed by atoms with van der Waals surface area (Å²) in [5.74, 6) is 0. The summed E-state index contributed by atoms with van der Waals surface area (Å²) in [4.78, 5) is 9.80. The van der Waals surface area contributed by atoms with Gasteiger partial charge in [0.1, 0.15) is 5.01 Å². The van der Waals surface area contributed by atoms with Crippen molar-refractivity contribution in [3.05, 3.63) is 34.3 Å². The largest absolute Gasteiger partial charge is 0.383 e. The number of thiazole rings is 1. The molecule has 2 aromatic heterocycles. The van der Waals surface area contributed by atoms with Crippen LogP contribution < -0.4 is 5.32 Å².